The number of thiophene rings is 1. The van der Waals surface area contributed by atoms with E-state index in [1.165, 1.54) is 68.6 Å². The van der Waals surface area contributed by atoms with E-state index in [2.05, 4.69) is 150 Å². The van der Waals surface area contributed by atoms with Crippen molar-refractivity contribution >= 4 is 85.6 Å². The van der Waals surface area contributed by atoms with Crippen LogP contribution in [0.25, 0.3) is 90.4 Å². The zero-order valence-electron chi connectivity index (χ0n) is 24.1. The molecule has 3 heterocycles. The largest absolute Gasteiger partial charge is 0.309 e. The summed E-state index contributed by atoms with van der Waals surface area (Å²) in [6, 6.07) is 52.8. The van der Waals surface area contributed by atoms with Crippen molar-refractivity contribution in [2.75, 3.05) is 0 Å². The van der Waals surface area contributed by atoms with Crippen molar-refractivity contribution < 1.29 is 0 Å². The molecule has 0 saturated carbocycles. The molecule has 210 valence electrons. The topological polar surface area (TPSA) is 17.8 Å². The number of nitrogens with zero attached hydrogens (tertiary/aromatic N) is 2. The van der Waals surface area contributed by atoms with Crippen LogP contribution in [0.15, 0.2) is 146 Å². The van der Waals surface area contributed by atoms with Crippen LogP contribution in [0.4, 0.5) is 0 Å². The van der Waals surface area contributed by atoms with Gasteiger partial charge in [0, 0.05) is 42.2 Å². The van der Waals surface area contributed by atoms with Crippen LogP contribution >= 0.6 is 22.7 Å². The van der Waals surface area contributed by atoms with Gasteiger partial charge in [0.1, 0.15) is 5.01 Å². The van der Waals surface area contributed by atoms with Gasteiger partial charge in [0.25, 0.3) is 0 Å². The van der Waals surface area contributed by atoms with Gasteiger partial charge in [-0.3, -0.25) is 0 Å². The second-order valence-electron chi connectivity index (χ2n) is 11.6. The molecule has 0 N–H and O–H groups in total. The fourth-order valence-corrected chi connectivity index (χ4v) is 9.24. The minimum atomic E-state index is 1.05. The van der Waals surface area contributed by atoms with E-state index in [0.29, 0.717) is 0 Å². The van der Waals surface area contributed by atoms with Crippen molar-refractivity contribution in [3.8, 4) is 27.4 Å². The highest BCUT2D eigenvalue weighted by atomic mass is 32.1. The number of hydrogen-bond donors (Lipinski definition) is 0. The summed E-state index contributed by atoms with van der Waals surface area (Å²) in [6.45, 7) is 0. The Balaban J connectivity index is 1.11. The highest BCUT2D eigenvalue weighted by molar-refractivity contribution is 7.28. The molecule has 0 unspecified atom stereocenters. The van der Waals surface area contributed by atoms with Crippen LogP contribution in [0.5, 0.6) is 0 Å². The second-order valence-corrected chi connectivity index (χ2v) is 13.6. The summed E-state index contributed by atoms with van der Waals surface area (Å²) in [4.78, 5) is 5.14. The number of thiazole rings is 1. The standard InChI is InChI=1S/C41H24N2S2/c1-2-8-25(9-3-1)28-17-22-36-32(24-28)39-37(44-36)23-20-33-40(39)45-41(42-33)27-14-18-29(19-15-27)43-34-13-7-6-12-31(34)38-30-11-5-4-10-26(30)16-21-35(38)43/h1-24H. The van der Waals surface area contributed by atoms with Crippen molar-refractivity contribution in [3.05, 3.63) is 146 Å². The molecule has 0 fully saturated rings. The maximum absolute atomic E-state index is 5.14. The van der Waals surface area contributed by atoms with E-state index in [-0.39, 0.29) is 0 Å². The van der Waals surface area contributed by atoms with Crippen molar-refractivity contribution in [2.45, 2.75) is 0 Å². The number of rotatable bonds is 3. The van der Waals surface area contributed by atoms with Crippen LogP contribution in [0.2, 0.25) is 0 Å². The Morgan fingerprint density at radius 1 is 0.467 bits per heavy atom. The number of aromatic nitrogens is 2. The zero-order valence-corrected chi connectivity index (χ0v) is 25.7. The minimum Gasteiger partial charge on any atom is -0.309 e. The van der Waals surface area contributed by atoms with E-state index in [0.717, 1.165) is 21.8 Å². The first kappa shape index (κ1) is 25.1. The van der Waals surface area contributed by atoms with Crippen molar-refractivity contribution in [2.24, 2.45) is 0 Å². The molecule has 2 nitrogen and oxygen atoms in total. The quantitative estimate of drug-likeness (QED) is 0.195. The highest BCUT2D eigenvalue weighted by Gasteiger charge is 2.17. The minimum absolute atomic E-state index is 1.05. The first-order chi connectivity index (χ1) is 22.3. The van der Waals surface area contributed by atoms with Crippen molar-refractivity contribution in [3.63, 3.8) is 0 Å². The molecule has 10 rings (SSSR count). The van der Waals surface area contributed by atoms with E-state index < -0.39 is 0 Å². The average molecular weight is 609 g/mol. The van der Waals surface area contributed by atoms with Crippen molar-refractivity contribution in [1.29, 1.82) is 0 Å². The van der Waals surface area contributed by atoms with Gasteiger partial charge in [-0.05, 0) is 82.6 Å². The third-order valence-corrected chi connectivity index (χ3v) is 11.3. The van der Waals surface area contributed by atoms with Gasteiger partial charge in [0.2, 0.25) is 0 Å². The summed E-state index contributed by atoms with van der Waals surface area (Å²) in [5.41, 5.74) is 8.29. The molecule has 0 atom stereocenters. The van der Waals surface area contributed by atoms with Crippen LogP contribution in [0, 0.1) is 0 Å². The molecule has 3 aromatic heterocycles. The predicted octanol–water partition coefficient (Wildman–Crippen LogP) is 12.2. The molecule has 0 aliphatic heterocycles. The van der Waals surface area contributed by atoms with E-state index in [9.17, 15) is 0 Å². The second kappa shape index (κ2) is 9.60. The van der Waals surface area contributed by atoms with Crippen LogP contribution in [0.1, 0.15) is 0 Å². The Kier molecular flexibility index (Phi) is 5.35. The van der Waals surface area contributed by atoms with E-state index in [4.69, 9.17) is 4.98 Å². The molecular weight excluding hydrogens is 585 g/mol. The molecule has 7 aromatic carbocycles. The molecule has 0 aliphatic carbocycles. The Hall–Kier alpha value is -5.29. The molecule has 0 saturated heterocycles. The summed E-state index contributed by atoms with van der Waals surface area (Å²) in [7, 11) is 0. The summed E-state index contributed by atoms with van der Waals surface area (Å²) in [6.07, 6.45) is 0. The van der Waals surface area contributed by atoms with Crippen LogP contribution < -0.4 is 0 Å². The zero-order chi connectivity index (χ0) is 29.5. The predicted molar refractivity (Wildman–Crippen MR) is 195 cm³/mol. The fraction of sp³-hybridized carbons (Fsp3) is 0. The molecule has 45 heavy (non-hydrogen) atoms. The molecule has 0 amide bonds. The maximum Gasteiger partial charge on any atom is 0.124 e. The Morgan fingerprint density at radius 3 is 2.11 bits per heavy atom. The lowest BCUT2D eigenvalue weighted by Crippen LogP contribution is -1.93. The van der Waals surface area contributed by atoms with Crippen LogP contribution in [0.3, 0.4) is 0 Å². The molecule has 10 aromatic rings. The fourth-order valence-electron chi connectivity index (χ4n) is 6.95. The lowest BCUT2D eigenvalue weighted by molar-refractivity contribution is 1.18. The van der Waals surface area contributed by atoms with Gasteiger partial charge >= 0.3 is 0 Å². The molecular formula is C41H24N2S2. The lowest BCUT2D eigenvalue weighted by atomic mass is 10.0. The summed E-state index contributed by atoms with van der Waals surface area (Å²) < 4.78 is 6.28. The van der Waals surface area contributed by atoms with Gasteiger partial charge in [-0.1, -0.05) is 84.9 Å². The first-order valence-corrected chi connectivity index (χ1v) is 16.8. The summed E-state index contributed by atoms with van der Waals surface area (Å²) in [5.74, 6) is 0. The SMILES string of the molecule is c1ccc(-c2ccc3sc4ccc5nc(-c6ccc(-n7c8ccccc8c8c9ccccc9ccc87)cc6)sc5c4c3c2)cc1. The normalized spacial score (nSPS) is 12.0. The number of benzene rings is 7. The number of hydrogen-bond acceptors (Lipinski definition) is 3. The summed E-state index contributed by atoms with van der Waals surface area (Å²) >= 11 is 3.66. The number of fused-ring (bicyclic) bond motifs is 10. The third-order valence-electron chi connectivity index (χ3n) is 9.03. The first-order valence-electron chi connectivity index (χ1n) is 15.1. The average Bonchev–Trinajstić information content (AvgIpc) is 3.80. The monoisotopic (exact) mass is 608 g/mol. The van der Waals surface area contributed by atoms with Gasteiger partial charge < -0.3 is 4.57 Å². The maximum atomic E-state index is 5.14. The van der Waals surface area contributed by atoms with E-state index >= 15 is 0 Å². The van der Waals surface area contributed by atoms with Gasteiger partial charge in [-0.25, -0.2) is 4.98 Å². The molecule has 0 radical (unpaired) electrons. The van der Waals surface area contributed by atoms with Gasteiger partial charge in [-0.2, -0.15) is 0 Å². The van der Waals surface area contributed by atoms with E-state index in [1.54, 1.807) is 11.3 Å². The highest BCUT2D eigenvalue weighted by Crippen LogP contribution is 2.44. The molecule has 4 heteroatoms. The van der Waals surface area contributed by atoms with Gasteiger partial charge in [0.05, 0.1) is 21.3 Å². The number of para-hydroxylation sites is 1. The Morgan fingerprint density at radius 2 is 1.22 bits per heavy atom. The van der Waals surface area contributed by atoms with Crippen LogP contribution in [-0.4, -0.2) is 9.55 Å². The van der Waals surface area contributed by atoms with Gasteiger partial charge in [0.15, 0.2) is 0 Å². The van der Waals surface area contributed by atoms with Crippen LogP contribution in [-0.2, 0) is 0 Å². The Bertz CT molecular complexity index is 2750. The molecule has 0 spiro atoms. The van der Waals surface area contributed by atoms with E-state index in [1.807, 2.05) is 11.3 Å². The van der Waals surface area contributed by atoms with Crippen molar-refractivity contribution in [1.82, 2.24) is 9.55 Å². The summed E-state index contributed by atoms with van der Waals surface area (Å²) in [5, 5.41) is 8.83. The van der Waals surface area contributed by atoms with Gasteiger partial charge in [-0.15, -0.1) is 22.7 Å². The Labute approximate surface area is 267 Å². The lowest BCUT2D eigenvalue weighted by Gasteiger charge is -2.09. The molecule has 0 bridgehead atoms. The third kappa shape index (κ3) is 3.77. The smallest absolute Gasteiger partial charge is 0.124 e. The molecule has 0 aliphatic rings.